The fraction of sp³-hybridized carbons (Fsp3) is 0.375. The van der Waals surface area contributed by atoms with Crippen LogP contribution in [-0.2, 0) is 11.3 Å². The lowest BCUT2D eigenvalue weighted by molar-refractivity contribution is 0.210. The minimum atomic E-state index is 0.631. The van der Waals surface area contributed by atoms with Crippen molar-refractivity contribution in [1.82, 2.24) is 9.97 Å². The number of hydrogen-bond acceptors (Lipinski definition) is 5. The molecule has 0 atom stereocenters. The van der Waals surface area contributed by atoms with Crippen molar-refractivity contribution in [2.75, 3.05) is 37.5 Å². The first kappa shape index (κ1) is 15.3. The van der Waals surface area contributed by atoms with Crippen molar-refractivity contribution in [3.63, 3.8) is 0 Å². The van der Waals surface area contributed by atoms with Gasteiger partial charge in [-0.3, -0.25) is 0 Å². The van der Waals surface area contributed by atoms with Crippen molar-refractivity contribution in [3.8, 4) is 0 Å². The highest BCUT2D eigenvalue weighted by Gasteiger charge is 2.07. The summed E-state index contributed by atoms with van der Waals surface area (Å²) in [7, 11) is 3.71. The monoisotopic (exact) mass is 286 g/mol. The Bertz CT molecular complexity index is 559. The molecule has 0 amide bonds. The molecule has 0 aliphatic rings. The molecule has 0 radical (unpaired) electrons. The topological polar surface area (TPSA) is 50.3 Å². The first-order valence-corrected chi connectivity index (χ1v) is 7.02. The summed E-state index contributed by atoms with van der Waals surface area (Å²) < 4.78 is 5.02. The van der Waals surface area contributed by atoms with E-state index in [2.05, 4.69) is 32.3 Å². The number of benzene rings is 1. The lowest BCUT2D eigenvalue weighted by Gasteiger charge is -2.19. The van der Waals surface area contributed by atoms with E-state index in [0.29, 0.717) is 19.1 Å². The molecule has 1 N–H and O–H groups in total. The SMILES string of the molecule is COCCNc1nc(C)cc(N(C)Cc2ccccc2)n1. The average molecular weight is 286 g/mol. The molecule has 2 aromatic rings. The van der Waals surface area contributed by atoms with Crippen LogP contribution in [0.1, 0.15) is 11.3 Å². The second-order valence-electron chi connectivity index (χ2n) is 4.95. The van der Waals surface area contributed by atoms with Crippen LogP contribution in [0, 0.1) is 6.92 Å². The third-order valence-electron chi connectivity index (χ3n) is 3.08. The molecule has 1 heterocycles. The number of methoxy groups -OCH3 is 1. The van der Waals surface area contributed by atoms with Gasteiger partial charge in [-0.05, 0) is 12.5 Å². The molecule has 0 bridgehead atoms. The zero-order valence-corrected chi connectivity index (χ0v) is 12.8. The highest BCUT2D eigenvalue weighted by Crippen LogP contribution is 2.16. The van der Waals surface area contributed by atoms with E-state index >= 15 is 0 Å². The number of nitrogens with zero attached hydrogens (tertiary/aromatic N) is 3. The second kappa shape index (κ2) is 7.59. The molecule has 1 aromatic carbocycles. The van der Waals surface area contributed by atoms with E-state index in [1.165, 1.54) is 5.56 Å². The summed E-state index contributed by atoms with van der Waals surface area (Å²) in [6, 6.07) is 12.3. The van der Waals surface area contributed by atoms with Gasteiger partial charge in [-0.25, -0.2) is 4.98 Å². The molecule has 0 aliphatic heterocycles. The van der Waals surface area contributed by atoms with Crippen LogP contribution < -0.4 is 10.2 Å². The molecule has 1 aromatic heterocycles. The largest absolute Gasteiger partial charge is 0.383 e. The summed E-state index contributed by atoms with van der Waals surface area (Å²) in [6.45, 7) is 4.12. The molecule has 112 valence electrons. The number of aryl methyl sites for hydroxylation is 1. The van der Waals surface area contributed by atoms with Gasteiger partial charge in [-0.1, -0.05) is 30.3 Å². The highest BCUT2D eigenvalue weighted by molar-refractivity contribution is 5.44. The normalized spacial score (nSPS) is 10.4. The fourth-order valence-corrected chi connectivity index (χ4v) is 2.03. The molecule has 21 heavy (non-hydrogen) atoms. The van der Waals surface area contributed by atoms with Crippen LogP contribution in [0.3, 0.4) is 0 Å². The van der Waals surface area contributed by atoms with Gasteiger partial charge in [0.1, 0.15) is 5.82 Å². The van der Waals surface area contributed by atoms with Crippen LogP contribution in [0.2, 0.25) is 0 Å². The van der Waals surface area contributed by atoms with Crippen LogP contribution in [0.15, 0.2) is 36.4 Å². The van der Waals surface area contributed by atoms with Gasteiger partial charge < -0.3 is 15.0 Å². The van der Waals surface area contributed by atoms with Gasteiger partial charge in [-0.15, -0.1) is 0 Å². The molecular weight excluding hydrogens is 264 g/mol. The summed E-state index contributed by atoms with van der Waals surface area (Å²) >= 11 is 0. The molecule has 5 heteroatoms. The van der Waals surface area contributed by atoms with Gasteiger partial charge in [0, 0.05) is 39.0 Å². The number of aromatic nitrogens is 2. The Kier molecular flexibility index (Phi) is 5.51. The maximum absolute atomic E-state index is 5.02. The first-order chi connectivity index (χ1) is 10.2. The van der Waals surface area contributed by atoms with Crippen LogP contribution >= 0.6 is 0 Å². The number of ether oxygens (including phenoxy) is 1. The lowest BCUT2D eigenvalue weighted by atomic mass is 10.2. The first-order valence-electron chi connectivity index (χ1n) is 7.02. The molecule has 0 spiro atoms. The van der Waals surface area contributed by atoms with Crippen LogP contribution in [-0.4, -0.2) is 37.3 Å². The van der Waals surface area contributed by atoms with E-state index in [4.69, 9.17) is 4.74 Å². The molecule has 5 nitrogen and oxygen atoms in total. The Hall–Kier alpha value is -2.14. The number of anilines is 2. The van der Waals surface area contributed by atoms with Crippen molar-refractivity contribution >= 4 is 11.8 Å². The Balaban J connectivity index is 2.07. The van der Waals surface area contributed by atoms with E-state index in [-0.39, 0.29) is 0 Å². The number of nitrogens with one attached hydrogen (secondary N) is 1. The summed E-state index contributed by atoms with van der Waals surface area (Å²) in [5.41, 5.74) is 2.20. The summed E-state index contributed by atoms with van der Waals surface area (Å²) in [5.74, 6) is 1.55. The maximum Gasteiger partial charge on any atom is 0.224 e. The smallest absolute Gasteiger partial charge is 0.224 e. The Morgan fingerprint density at radius 3 is 2.67 bits per heavy atom. The molecular formula is C16H22N4O. The molecule has 0 saturated heterocycles. The van der Waals surface area contributed by atoms with Crippen molar-refractivity contribution in [3.05, 3.63) is 47.7 Å². The van der Waals surface area contributed by atoms with Gasteiger partial charge in [0.25, 0.3) is 0 Å². The Morgan fingerprint density at radius 2 is 1.95 bits per heavy atom. The standard InChI is InChI=1S/C16H22N4O/c1-13-11-15(19-16(18-13)17-9-10-21-3)20(2)12-14-7-5-4-6-8-14/h4-8,11H,9-10,12H2,1-3H3,(H,17,18,19). The van der Waals surface area contributed by atoms with Crippen molar-refractivity contribution < 1.29 is 4.74 Å². The third kappa shape index (κ3) is 4.72. The quantitative estimate of drug-likeness (QED) is 0.792. The van der Waals surface area contributed by atoms with Gasteiger partial charge in [0.2, 0.25) is 5.95 Å². The zero-order valence-electron chi connectivity index (χ0n) is 12.8. The number of rotatable bonds is 7. The van der Waals surface area contributed by atoms with Crippen LogP contribution in [0.4, 0.5) is 11.8 Å². The van der Waals surface area contributed by atoms with E-state index in [1.54, 1.807) is 7.11 Å². The second-order valence-corrected chi connectivity index (χ2v) is 4.95. The highest BCUT2D eigenvalue weighted by atomic mass is 16.5. The van der Waals surface area contributed by atoms with Gasteiger partial charge in [0.05, 0.1) is 6.61 Å². The van der Waals surface area contributed by atoms with Crippen LogP contribution in [0.25, 0.3) is 0 Å². The summed E-state index contributed by atoms with van der Waals surface area (Å²) in [6.07, 6.45) is 0. The maximum atomic E-state index is 5.02. The van der Waals surface area contributed by atoms with Crippen molar-refractivity contribution in [2.45, 2.75) is 13.5 Å². The zero-order chi connectivity index (χ0) is 15.1. The molecule has 0 fully saturated rings. The summed E-state index contributed by atoms with van der Waals surface area (Å²) in [4.78, 5) is 11.1. The molecule has 0 aliphatic carbocycles. The molecule has 0 saturated carbocycles. The predicted molar refractivity (Wildman–Crippen MR) is 85.7 cm³/mol. The van der Waals surface area contributed by atoms with E-state index < -0.39 is 0 Å². The van der Waals surface area contributed by atoms with Gasteiger partial charge >= 0.3 is 0 Å². The molecule has 2 rings (SSSR count). The van der Waals surface area contributed by atoms with Crippen LogP contribution in [0.5, 0.6) is 0 Å². The average Bonchev–Trinajstić information content (AvgIpc) is 2.48. The number of hydrogen-bond donors (Lipinski definition) is 1. The van der Waals surface area contributed by atoms with E-state index in [9.17, 15) is 0 Å². The fourth-order valence-electron chi connectivity index (χ4n) is 2.03. The van der Waals surface area contributed by atoms with Crippen molar-refractivity contribution in [1.29, 1.82) is 0 Å². The van der Waals surface area contributed by atoms with Gasteiger partial charge in [0.15, 0.2) is 0 Å². The molecule has 0 unspecified atom stereocenters. The Labute approximate surface area is 126 Å². The third-order valence-corrected chi connectivity index (χ3v) is 3.08. The van der Waals surface area contributed by atoms with E-state index in [0.717, 1.165) is 18.1 Å². The summed E-state index contributed by atoms with van der Waals surface area (Å²) in [5, 5.41) is 3.17. The van der Waals surface area contributed by atoms with Crippen molar-refractivity contribution in [2.24, 2.45) is 0 Å². The minimum absolute atomic E-state index is 0.631. The van der Waals surface area contributed by atoms with E-state index in [1.807, 2.05) is 38.2 Å². The predicted octanol–water partition coefficient (Wildman–Crippen LogP) is 2.48. The van der Waals surface area contributed by atoms with Gasteiger partial charge in [-0.2, -0.15) is 4.98 Å². The Morgan fingerprint density at radius 1 is 1.19 bits per heavy atom. The lowest BCUT2D eigenvalue weighted by Crippen LogP contribution is -2.19. The minimum Gasteiger partial charge on any atom is -0.383 e.